The first kappa shape index (κ1) is 14.4. The van der Waals surface area contributed by atoms with Crippen LogP contribution in [0.2, 0.25) is 0 Å². The molecule has 6 heteroatoms. The van der Waals surface area contributed by atoms with Crippen LogP contribution in [-0.2, 0) is 4.74 Å². The molecule has 0 aliphatic heterocycles. The van der Waals surface area contributed by atoms with Gasteiger partial charge in [-0.25, -0.2) is 9.97 Å². The van der Waals surface area contributed by atoms with Gasteiger partial charge in [0, 0.05) is 32.9 Å². The van der Waals surface area contributed by atoms with Crippen molar-refractivity contribution < 1.29 is 9.53 Å². The van der Waals surface area contributed by atoms with Crippen molar-refractivity contribution >= 4 is 11.7 Å². The Bertz CT molecular complexity index is 371. The fourth-order valence-corrected chi connectivity index (χ4v) is 1.34. The molecule has 1 amide bonds. The lowest BCUT2D eigenvalue weighted by atomic mass is 10.3. The maximum Gasteiger partial charge on any atom is 0.270 e. The maximum atomic E-state index is 11.8. The van der Waals surface area contributed by atoms with Gasteiger partial charge in [0.2, 0.25) is 0 Å². The summed E-state index contributed by atoms with van der Waals surface area (Å²) in [6.07, 6.45) is 3.18. The molecule has 2 N–H and O–H groups in total. The van der Waals surface area contributed by atoms with Gasteiger partial charge in [0.25, 0.3) is 5.91 Å². The molecular formula is C12H20N4O2. The molecule has 1 aromatic heterocycles. The van der Waals surface area contributed by atoms with Gasteiger partial charge in [-0.05, 0) is 12.8 Å². The number of methoxy groups -OCH3 is 1. The normalized spacial score (nSPS) is 10.1. The minimum Gasteiger partial charge on any atom is -0.385 e. The molecular weight excluding hydrogens is 232 g/mol. The number of nitrogens with zero attached hydrogens (tertiary/aromatic N) is 2. The van der Waals surface area contributed by atoms with Crippen molar-refractivity contribution in [2.24, 2.45) is 0 Å². The van der Waals surface area contributed by atoms with E-state index in [0.29, 0.717) is 24.7 Å². The molecule has 18 heavy (non-hydrogen) atoms. The van der Waals surface area contributed by atoms with E-state index in [1.165, 1.54) is 6.33 Å². The summed E-state index contributed by atoms with van der Waals surface area (Å²) in [7, 11) is 1.64. The van der Waals surface area contributed by atoms with Crippen molar-refractivity contribution in [3.63, 3.8) is 0 Å². The molecule has 0 aliphatic rings. The molecule has 0 radical (unpaired) electrons. The molecule has 100 valence electrons. The molecule has 1 rings (SSSR count). The summed E-state index contributed by atoms with van der Waals surface area (Å²) >= 11 is 0. The number of rotatable bonds is 8. The summed E-state index contributed by atoms with van der Waals surface area (Å²) in [5.74, 6) is 0.488. The average Bonchev–Trinajstić information content (AvgIpc) is 2.41. The van der Waals surface area contributed by atoms with Crippen molar-refractivity contribution in [2.45, 2.75) is 19.8 Å². The summed E-state index contributed by atoms with van der Waals surface area (Å²) in [5.41, 5.74) is 0.376. The molecule has 0 saturated heterocycles. The minimum absolute atomic E-state index is 0.187. The number of aromatic nitrogens is 2. The topological polar surface area (TPSA) is 76.1 Å². The van der Waals surface area contributed by atoms with Crippen LogP contribution in [0.1, 0.15) is 30.3 Å². The summed E-state index contributed by atoms with van der Waals surface area (Å²) < 4.78 is 4.91. The van der Waals surface area contributed by atoms with Crippen LogP contribution >= 0.6 is 0 Å². The quantitative estimate of drug-likeness (QED) is 0.677. The highest BCUT2D eigenvalue weighted by Crippen LogP contribution is 2.03. The molecule has 0 spiro atoms. The first-order chi connectivity index (χ1) is 8.77. The van der Waals surface area contributed by atoms with E-state index in [4.69, 9.17) is 4.74 Å². The number of carbonyl (C=O) groups excluding carboxylic acids is 1. The van der Waals surface area contributed by atoms with E-state index in [-0.39, 0.29) is 5.91 Å². The van der Waals surface area contributed by atoms with Gasteiger partial charge in [0.05, 0.1) is 0 Å². The Morgan fingerprint density at radius 3 is 2.94 bits per heavy atom. The molecule has 0 fully saturated rings. The lowest BCUT2D eigenvalue weighted by molar-refractivity contribution is 0.0943. The first-order valence-corrected chi connectivity index (χ1v) is 6.11. The van der Waals surface area contributed by atoms with Gasteiger partial charge >= 0.3 is 0 Å². The van der Waals surface area contributed by atoms with Crippen LogP contribution in [0, 0.1) is 0 Å². The second-order valence-corrected chi connectivity index (χ2v) is 3.82. The number of hydrogen-bond donors (Lipinski definition) is 2. The number of hydrogen-bond acceptors (Lipinski definition) is 5. The fraction of sp³-hybridized carbons (Fsp3) is 0.583. The zero-order chi connectivity index (χ0) is 13.2. The van der Waals surface area contributed by atoms with E-state index in [0.717, 1.165) is 19.4 Å². The zero-order valence-corrected chi connectivity index (χ0v) is 10.9. The number of nitrogens with one attached hydrogen (secondary N) is 2. The standard InChI is InChI=1S/C12H20N4O2/c1-3-5-13-11-8-10(15-9-16-11)12(17)14-6-4-7-18-2/h8-9H,3-7H2,1-2H3,(H,14,17)(H,13,15,16). The first-order valence-electron chi connectivity index (χ1n) is 6.11. The van der Waals surface area contributed by atoms with Crippen molar-refractivity contribution in [3.8, 4) is 0 Å². The summed E-state index contributed by atoms with van der Waals surface area (Å²) in [6.45, 7) is 4.10. The Kier molecular flexibility index (Phi) is 6.71. The maximum absolute atomic E-state index is 11.8. The van der Waals surface area contributed by atoms with Crippen LogP contribution < -0.4 is 10.6 Å². The van der Waals surface area contributed by atoms with Crippen molar-refractivity contribution in [3.05, 3.63) is 18.1 Å². The Balaban J connectivity index is 2.46. The Morgan fingerprint density at radius 1 is 1.39 bits per heavy atom. The second-order valence-electron chi connectivity index (χ2n) is 3.82. The van der Waals surface area contributed by atoms with Gasteiger partial charge < -0.3 is 15.4 Å². The van der Waals surface area contributed by atoms with Crippen molar-refractivity contribution in [1.29, 1.82) is 0 Å². The average molecular weight is 252 g/mol. The Labute approximate surface area is 107 Å². The summed E-state index contributed by atoms with van der Waals surface area (Å²) in [5, 5.41) is 5.89. The molecule has 0 bridgehead atoms. The predicted molar refractivity (Wildman–Crippen MR) is 69.6 cm³/mol. The van der Waals surface area contributed by atoms with E-state index in [9.17, 15) is 4.79 Å². The molecule has 1 heterocycles. The number of anilines is 1. The van der Waals surface area contributed by atoms with Crippen LogP contribution in [0.5, 0.6) is 0 Å². The molecule has 0 saturated carbocycles. The van der Waals surface area contributed by atoms with E-state index in [1.807, 2.05) is 0 Å². The molecule has 0 atom stereocenters. The van der Waals surface area contributed by atoms with Gasteiger partial charge in [0.15, 0.2) is 0 Å². The molecule has 6 nitrogen and oxygen atoms in total. The number of carbonyl (C=O) groups is 1. The van der Waals surface area contributed by atoms with Crippen molar-refractivity contribution in [2.75, 3.05) is 32.1 Å². The van der Waals surface area contributed by atoms with Gasteiger partial charge in [-0.3, -0.25) is 4.79 Å². The molecule has 1 aromatic rings. The lowest BCUT2D eigenvalue weighted by Crippen LogP contribution is -2.26. The van der Waals surface area contributed by atoms with Crippen LogP contribution in [0.4, 0.5) is 5.82 Å². The van der Waals surface area contributed by atoms with Crippen LogP contribution in [0.15, 0.2) is 12.4 Å². The fourth-order valence-electron chi connectivity index (χ4n) is 1.34. The summed E-state index contributed by atoms with van der Waals surface area (Å²) in [4.78, 5) is 19.8. The second kappa shape index (κ2) is 8.41. The van der Waals surface area contributed by atoms with Crippen LogP contribution in [0.3, 0.4) is 0 Å². The number of ether oxygens (including phenoxy) is 1. The minimum atomic E-state index is -0.187. The van der Waals surface area contributed by atoms with Gasteiger partial charge in [0.1, 0.15) is 17.8 Å². The monoisotopic (exact) mass is 252 g/mol. The predicted octanol–water partition coefficient (Wildman–Crippen LogP) is 1.06. The number of amides is 1. The third-order valence-corrected chi connectivity index (χ3v) is 2.27. The van der Waals surface area contributed by atoms with Crippen LogP contribution in [-0.4, -0.2) is 42.7 Å². The van der Waals surface area contributed by atoms with E-state index < -0.39 is 0 Å². The third kappa shape index (κ3) is 5.09. The molecule has 0 aromatic carbocycles. The highest BCUT2D eigenvalue weighted by molar-refractivity contribution is 5.92. The lowest BCUT2D eigenvalue weighted by Gasteiger charge is -2.06. The highest BCUT2D eigenvalue weighted by atomic mass is 16.5. The molecule has 0 aliphatic carbocycles. The van der Waals surface area contributed by atoms with Crippen LogP contribution in [0.25, 0.3) is 0 Å². The van der Waals surface area contributed by atoms with Gasteiger partial charge in [-0.2, -0.15) is 0 Å². The smallest absolute Gasteiger partial charge is 0.270 e. The summed E-state index contributed by atoms with van der Waals surface area (Å²) in [6, 6.07) is 1.65. The third-order valence-electron chi connectivity index (χ3n) is 2.27. The van der Waals surface area contributed by atoms with Gasteiger partial charge in [-0.1, -0.05) is 6.92 Å². The molecule has 0 unspecified atom stereocenters. The highest BCUT2D eigenvalue weighted by Gasteiger charge is 2.07. The Morgan fingerprint density at radius 2 is 2.22 bits per heavy atom. The zero-order valence-electron chi connectivity index (χ0n) is 10.9. The van der Waals surface area contributed by atoms with Crippen molar-refractivity contribution in [1.82, 2.24) is 15.3 Å². The van der Waals surface area contributed by atoms with Gasteiger partial charge in [-0.15, -0.1) is 0 Å². The SMILES string of the molecule is CCCNc1cc(C(=O)NCCCOC)ncn1. The largest absolute Gasteiger partial charge is 0.385 e. The van der Waals surface area contributed by atoms with E-state index in [2.05, 4.69) is 27.5 Å². The van der Waals surface area contributed by atoms with E-state index in [1.54, 1.807) is 13.2 Å². The van der Waals surface area contributed by atoms with E-state index >= 15 is 0 Å². The Hall–Kier alpha value is -1.69.